The second-order valence-corrected chi connectivity index (χ2v) is 9.86. The first-order valence-electron chi connectivity index (χ1n) is 9.46. The molecule has 36 heavy (non-hydrogen) atoms. The summed E-state index contributed by atoms with van der Waals surface area (Å²) in [6.45, 7) is 0. The van der Waals surface area contributed by atoms with Crippen molar-refractivity contribution in [3.63, 3.8) is 0 Å². The van der Waals surface area contributed by atoms with E-state index in [9.17, 15) is 16.8 Å². The van der Waals surface area contributed by atoms with Crippen molar-refractivity contribution in [1.82, 2.24) is 19.9 Å². The van der Waals surface area contributed by atoms with Crippen molar-refractivity contribution in [2.24, 2.45) is 0 Å². The van der Waals surface area contributed by atoms with E-state index >= 15 is 0 Å². The molecule has 0 unspecified atom stereocenters. The number of aromatic nitrogens is 4. The number of nitrogens with two attached hydrogens (primary N) is 2. The molecule has 2 aromatic heterocycles. The number of nitrogens with one attached hydrogen (secondary N) is 2. The third kappa shape index (κ3) is 9.33. The number of benzene rings is 2. The van der Waals surface area contributed by atoms with Crippen LogP contribution in [-0.4, -0.2) is 36.8 Å². The van der Waals surface area contributed by atoms with Crippen molar-refractivity contribution in [3.05, 3.63) is 85.5 Å². The average Bonchev–Trinajstić information content (AvgIpc) is 2.81. The first-order chi connectivity index (χ1) is 16.2. The van der Waals surface area contributed by atoms with Gasteiger partial charge in [-0.05, 0) is 60.7 Å². The first kappa shape index (κ1) is 31.2. The maximum absolute atomic E-state index is 11.9. The molecule has 0 saturated heterocycles. The van der Waals surface area contributed by atoms with Gasteiger partial charge in [0.15, 0.2) is 0 Å². The van der Waals surface area contributed by atoms with Gasteiger partial charge in [0.05, 0.1) is 9.79 Å². The number of nitrogens with zero attached hydrogens (tertiary/aromatic N) is 4. The molecule has 6 N–H and O–H groups in total. The first-order valence-corrected chi connectivity index (χ1v) is 12.4. The van der Waals surface area contributed by atoms with Crippen LogP contribution in [-0.2, 0) is 64.8 Å². The van der Waals surface area contributed by atoms with Gasteiger partial charge in [-0.2, -0.15) is 0 Å². The number of rotatable bonds is 6. The molecule has 16 heteroatoms. The fourth-order valence-corrected chi connectivity index (χ4v) is 4.27. The number of hydrogen-bond donors (Lipinski definition) is 4. The maximum atomic E-state index is 11.9. The molecule has 4 rings (SSSR count). The Bertz CT molecular complexity index is 1320. The zero-order valence-corrected chi connectivity index (χ0v) is 22.7. The van der Waals surface area contributed by atoms with E-state index in [1.165, 1.54) is 73.3 Å². The summed E-state index contributed by atoms with van der Waals surface area (Å²) in [5.41, 5.74) is 12.0. The van der Waals surface area contributed by atoms with E-state index in [0.29, 0.717) is 11.4 Å². The van der Waals surface area contributed by atoms with E-state index in [0.717, 1.165) is 0 Å². The van der Waals surface area contributed by atoms with Crippen molar-refractivity contribution >= 4 is 43.3 Å². The van der Waals surface area contributed by atoms with Gasteiger partial charge in [-0.15, -0.1) is 0 Å². The van der Waals surface area contributed by atoms with Crippen LogP contribution in [0.3, 0.4) is 0 Å². The summed E-state index contributed by atoms with van der Waals surface area (Å²) >= 11 is 0. The van der Waals surface area contributed by atoms with Crippen molar-refractivity contribution in [1.29, 1.82) is 0 Å². The predicted octanol–water partition coefficient (Wildman–Crippen LogP) is 1.71. The Labute approximate surface area is 239 Å². The normalized spacial score (nSPS) is 10.4. The largest absolute Gasteiger partial charge is 0.399 e. The summed E-state index contributed by atoms with van der Waals surface area (Å²) in [7, 11) is -7.32. The van der Waals surface area contributed by atoms with Crippen LogP contribution < -0.4 is 20.9 Å². The van der Waals surface area contributed by atoms with Crippen LogP contribution in [0, 0.1) is 0 Å². The average molecular weight is 716 g/mol. The van der Waals surface area contributed by atoms with Crippen LogP contribution in [0.15, 0.2) is 95.2 Å². The van der Waals surface area contributed by atoms with Gasteiger partial charge in [-0.25, -0.2) is 46.2 Å². The Morgan fingerprint density at radius 1 is 0.528 bits per heavy atom. The van der Waals surface area contributed by atoms with Crippen molar-refractivity contribution < 1.29 is 61.6 Å². The Morgan fingerprint density at radius 2 is 0.806 bits per heavy atom. The third-order valence-corrected chi connectivity index (χ3v) is 6.65. The molecule has 4 aromatic rings. The fourth-order valence-electron chi connectivity index (χ4n) is 2.36. The summed E-state index contributed by atoms with van der Waals surface area (Å²) in [6.07, 6.45) is 5.81. The smallest absolute Gasteiger partial charge is 0.264 e. The van der Waals surface area contributed by atoms with Gasteiger partial charge in [-0.1, -0.05) is 0 Å². The fraction of sp³-hybridized carbons (Fsp3) is 0. The minimum atomic E-state index is -3.66. The summed E-state index contributed by atoms with van der Waals surface area (Å²) in [6, 6.07) is 14.9. The molecule has 0 fully saturated rings. The van der Waals surface area contributed by atoms with E-state index in [2.05, 4.69) is 29.4 Å². The van der Waals surface area contributed by atoms with E-state index < -0.39 is 20.0 Å². The summed E-state index contributed by atoms with van der Waals surface area (Å²) in [5, 5.41) is 0. The van der Waals surface area contributed by atoms with Gasteiger partial charge >= 0.3 is 0 Å². The van der Waals surface area contributed by atoms with Gasteiger partial charge in [0.1, 0.15) is 0 Å². The molecular formula is C20H20Ag2N8O4S2. The Hall–Kier alpha value is -2.82. The van der Waals surface area contributed by atoms with E-state index in [1.54, 1.807) is 12.1 Å². The van der Waals surface area contributed by atoms with Crippen molar-refractivity contribution in [2.75, 3.05) is 20.9 Å². The predicted molar refractivity (Wildman–Crippen MR) is 127 cm³/mol. The standard InChI is InChI=1S/2C10H10N4O2S.2Ag/c2*11-8-2-4-9(5-3-8)17(15,16)14-10-12-6-1-7-13-10;;/h2*1-7H,11H2,(H,12,13,14);;. The molecule has 0 aliphatic rings. The van der Waals surface area contributed by atoms with Crippen LogP contribution in [0.5, 0.6) is 0 Å². The van der Waals surface area contributed by atoms with Crippen LogP contribution in [0.2, 0.25) is 0 Å². The van der Waals surface area contributed by atoms with Gasteiger partial charge < -0.3 is 11.5 Å². The van der Waals surface area contributed by atoms with Crippen LogP contribution >= 0.6 is 0 Å². The minimum absolute atomic E-state index is 0. The van der Waals surface area contributed by atoms with Gasteiger partial charge in [0, 0.05) is 80.9 Å². The molecule has 0 bridgehead atoms. The molecule has 0 aliphatic carbocycles. The van der Waals surface area contributed by atoms with Crippen molar-refractivity contribution in [2.45, 2.75) is 9.79 Å². The summed E-state index contributed by atoms with van der Waals surface area (Å²) in [4.78, 5) is 15.3. The molecule has 2 aromatic carbocycles. The van der Waals surface area contributed by atoms with E-state index in [1.807, 2.05) is 0 Å². The second kappa shape index (κ2) is 14.1. The van der Waals surface area contributed by atoms with Crippen molar-refractivity contribution in [3.8, 4) is 0 Å². The molecule has 0 atom stereocenters. The molecule has 2 heterocycles. The topological polar surface area (TPSA) is 196 Å². The molecule has 0 saturated carbocycles. The second-order valence-electron chi connectivity index (χ2n) is 6.49. The molecular weight excluding hydrogens is 696 g/mol. The molecule has 0 spiro atoms. The molecule has 198 valence electrons. The van der Waals surface area contributed by atoms with Crippen LogP contribution in [0.4, 0.5) is 23.3 Å². The van der Waals surface area contributed by atoms with Gasteiger partial charge in [0.25, 0.3) is 20.0 Å². The Balaban J connectivity index is 0.000000341. The Morgan fingerprint density at radius 3 is 1.08 bits per heavy atom. The molecule has 0 aliphatic heterocycles. The quantitative estimate of drug-likeness (QED) is 0.169. The monoisotopic (exact) mass is 714 g/mol. The van der Waals surface area contributed by atoms with E-state index in [4.69, 9.17) is 11.5 Å². The molecule has 12 nitrogen and oxygen atoms in total. The molecule has 0 amide bonds. The number of sulfonamides is 2. The van der Waals surface area contributed by atoms with Crippen LogP contribution in [0.25, 0.3) is 0 Å². The summed E-state index contributed by atoms with van der Waals surface area (Å²) in [5.74, 6) is 0.0636. The Kier molecular flexibility index (Phi) is 12.2. The maximum Gasteiger partial charge on any atom is 0.264 e. The zero-order chi connectivity index (χ0) is 24.6. The third-order valence-electron chi connectivity index (χ3n) is 3.96. The van der Waals surface area contributed by atoms with Gasteiger partial charge in [0.2, 0.25) is 11.9 Å². The summed E-state index contributed by atoms with van der Waals surface area (Å²) < 4.78 is 52.1. The number of hydrogen-bond acceptors (Lipinski definition) is 10. The van der Waals surface area contributed by atoms with E-state index in [-0.39, 0.29) is 66.4 Å². The molecule has 2 radical (unpaired) electrons. The van der Waals surface area contributed by atoms with Crippen LogP contribution in [0.1, 0.15) is 0 Å². The minimum Gasteiger partial charge on any atom is -0.399 e. The number of anilines is 4. The van der Waals surface area contributed by atoms with Gasteiger partial charge in [-0.3, -0.25) is 0 Å². The SMILES string of the molecule is Nc1ccc(S(=O)(=O)Nc2ncccn2)cc1.Nc1ccc(S(=O)(=O)Nc2ncccn2)cc1.[Ag].[Ag]. The number of nitrogen functional groups attached to an aromatic ring is 2. The zero-order valence-electron chi connectivity index (χ0n) is 18.1.